The fourth-order valence-electron chi connectivity index (χ4n) is 4.55. The zero-order valence-electron chi connectivity index (χ0n) is 20.2. The van der Waals surface area contributed by atoms with Gasteiger partial charge in [-0.15, -0.1) is 0 Å². The second kappa shape index (κ2) is 12.5. The third kappa shape index (κ3) is 7.30. The van der Waals surface area contributed by atoms with Crippen LogP contribution in [0.2, 0.25) is 0 Å². The average Bonchev–Trinajstić information content (AvgIpc) is 2.86. The molecule has 3 rings (SSSR count). The Morgan fingerprint density at radius 3 is 2.39 bits per heavy atom. The Hall–Kier alpha value is -3.40. The molecule has 2 aromatic rings. The lowest BCUT2D eigenvalue weighted by Crippen LogP contribution is -2.60. The first-order valence-electron chi connectivity index (χ1n) is 11.9. The van der Waals surface area contributed by atoms with Crippen LogP contribution in [-0.4, -0.2) is 66.3 Å². The van der Waals surface area contributed by atoms with Gasteiger partial charge in [0, 0.05) is 45.6 Å². The number of carbonyl (C=O) groups is 3. The Labute approximate surface area is 208 Å². The van der Waals surface area contributed by atoms with E-state index < -0.39 is 29.6 Å². The minimum absolute atomic E-state index is 0.0513. The van der Waals surface area contributed by atoms with Crippen molar-refractivity contribution in [1.82, 2.24) is 15.1 Å². The largest absolute Gasteiger partial charge is 0.370 e. The predicted octanol–water partition coefficient (Wildman–Crippen LogP) is 2.17. The number of amides is 3. The molecule has 0 saturated carbocycles. The highest BCUT2D eigenvalue weighted by atomic mass is 19.1. The van der Waals surface area contributed by atoms with E-state index in [4.69, 9.17) is 5.73 Å². The number of halogens is 3. The second-order valence-electron chi connectivity index (χ2n) is 8.94. The molecule has 7 nitrogen and oxygen atoms in total. The van der Waals surface area contributed by atoms with Crippen LogP contribution in [0.3, 0.4) is 0 Å². The SMILES string of the molecule is CNC(=O)C(Cc1cc(F)ccc1F)N1CCN(C(=O)CCc2ccc(F)cc2)C(CCC(N)=O)C1. The fourth-order valence-corrected chi connectivity index (χ4v) is 4.55. The van der Waals surface area contributed by atoms with E-state index in [1.165, 1.54) is 19.2 Å². The Kier molecular flexibility index (Phi) is 9.46. The first-order valence-corrected chi connectivity index (χ1v) is 11.9. The quantitative estimate of drug-likeness (QED) is 0.519. The molecular weight excluding hydrogens is 473 g/mol. The summed E-state index contributed by atoms with van der Waals surface area (Å²) < 4.78 is 41.2. The number of nitrogens with one attached hydrogen (secondary N) is 1. The second-order valence-corrected chi connectivity index (χ2v) is 8.94. The number of aryl methyl sites for hydroxylation is 1. The number of piperazine rings is 1. The van der Waals surface area contributed by atoms with E-state index in [0.29, 0.717) is 25.9 Å². The summed E-state index contributed by atoms with van der Waals surface area (Å²) in [5.41, 5.74) is 6.25. The topological polar surface area (TPSA) is 95.7 Å². The van der Waals surface area contributed by atoms with Crippen LogP contribution in [-0.2, 0) is 27.2 Å². The van der Waals surface area contributed by atoms with Crippen molar-refractivity contribution in [2.75, 3.05) is 26.7 Å². The zero-order valence-corrected chi connectivity index (χ0v) is 20.2. The van der Waals surface area contributed by atoms with Crippen LogP contribution < -0.4 is 11.1 Å². The maximum absolute atomic E-state index is 14.3. The van der Waals surface area contributed by atoms with Crippen LogP contribution in [0.25, 0.3) is 0 Å². The highest BCUT2D eigenvalue weighted by Crippen LogP contribution is 2.22. The summed E-state index contributed by atoms with van der Waals surface area (Å²) in [6.07, 6.45) is 0.949. The summed E-state index contributed by atoms with van der Waals surface area (Å²) in [4.78, 5) is 40.8. The molecule has 0 bridgehead atoms. The summed E-state index contributed by atoms with van der Waals surface area (Å²) in [5.74, 6) is -2.54. The molecule has 0 aliphatic carbocycles. The molecule has 2 atom stereocenters. The minimum atomic E-state index is -0.793. The van der Waals surface area contributed by atoms with Crippen molar-refractivity contribution < 1.29 is 27.6 Å². The van der Waals surface area contributed by atoms with Crippen molar-refractivity contribution in [2.24, 2.45) is 5.73 Å². The Morgan fingerprint density at radius 1 is 1.03 bits per heavy atom. The Morgan fingerprint density at radius 2 is 1.72 bits per heavy atom. The normalized spacial score (nSPS) is 17.0. The van der Waals surface area contributed by atoms with E-state index in [1.807, 2.05) is 4.90 Å². The van der Waals surface area contributed by atoms with Gasteiger partial charge in [-0.2, -0.15) is 0 Å². The third-order valence-electron chi connectivity index (χ3n) is 6.51. The van der Waals surface area contributed by atoms with Gasteiger partial charge in [-0.25, -0.2) is 13.2 Å². The van der Waals surface area contributed by atoms with E-state index in [-0.39, 0.29) is 49.0 Å². The Bertz CT molecular complexity index is 1080. The number of rotatable bonds is 10. The smallest absolute Gasteiger partial charge is 0.237 e. The molecule has 0 radical (unpaired) electrons. The van der Waals surface area contributed by atoms with Gasteiger partial charge in [0.1, 0.15) is 17.5 Å². The van der Waals surface area contributed by atoms with E-state index in [2.05, 4.69) is 5.32 Å². The lowest BCUT2D eigenvalue weighted by atomic mass is 9.98. The molecular formula is C26H31F3N4O3. The Balaban J connectivity index is 1.74. The van der Waals surface area contributed by atoms with Gasteiger partial charge in [0.05, 0.1) is 6.04 Å². The first-order chi connectivity index (χ1) is 17.2. The summed E-state index contributed by atoms with van der Waals surface area (Å²) in [7, 11) is 1.47. The number of hydrogen-bond acceptors (Lipinski definition) is 4. The number of likely N-dealkylation sites (N-methyl/N-ethyl adjacent to an activating group) is 1. The van der Waals surface area contributed by atoms with E-state index in [1.54, 1.807) is 17.0 Å². The molecule has 2 unspecified atom stereocenters. The number of benzene rings is 2. The monoisotopic (exact) mass is 504 g/mol. The van der Waals surface area contributed by atoms with Gasteiger partial charge < -0.3 is 16.0 Å². The molecule has 0 spiro atoms. The van der Waals surface area contributed by atoms with E-state index >= 15 is 0 Å². The molecule has 1 aliphatic heterocycles. The van der Waals surface area contributed by atoms with Gasteiger partial charge in [-0.3, -0.25) is 19.3 Å². The van der Waals surface area contributed by atoms with Crippen LogP contribution in [0.5, 0.6) is 0 Å². The molecule has 1 fully saturated rings. The molecule has 3 N–H and O–H groups in total. The van der Waals surface area contributed by atoms with E-state index in [0.717, 1.165) is 23.8 Å². The van der Waals surface area contributed by atoms with Gasteiger partial charge in [-0.1, -0.05) is 12.1 Å². The van der Waals surface area contributed by atoms with Gasteiger partial charge in [0.25, 0.3) is 0 Å². The fraction of sp³-hybridized carbons (Fsp3) is 0.423. The first kappa shape index (κ1) is 27.2. The lowest BCUT2D eigenvalue weighted by molar-refractivity contribution is -0.138. The van der Waals surface area contributed by atoms with Gasteiger partial charge in [0.2, 0.25) is 17.7 Å². The predicted molar refractivity (Wildman–Crippen MR) is 128 cm³/mol. The van der Waals surface area contributed by atoms with Crippen LogP contribution >= 0.6 is 0 Å². The number of carbonyl (C=O) groups excluding carboxylic acids is 3. The standard InChI is InChI=1S/C26H31F3N4O3/c1-31-26(36)23(15-18-14-20(28)7-9-22(18)29)32-12-13-33(21(16-32)8-10-24(30)34)25(35)11-4-17-2-5-19(27)6-3-17/h2-3,5-7,9,14,21,23H,4,8,10-13,15-16H2,1H3,(H2,30,34)(H,31,36). The van der Waals surface area contributed by atoms with Crippen molar-refractivity contribution in [2.45, 2.75) is 44.2 Å². The van der Waals surface area contributed by atoms with Crippen molar-refractivity contribution in [1.29, 1.82) is 0 Å². The van der Waals surface area contributed by atoms with Crippen LogP contribution in [0.4, 0.5) is 13.2 Å². The number of hydrogen-bond donors (Lipinski definition) is 2. The van der Waals surface area contributed by atoms with Gasteiger partial charge in [0.15, 0.2) is 0 Å². The molecule has 0 aromatic heterocycles. The summed E-state index contributed by atoms with van der Waals surface area (Å²) in [6.45, 7) is 0.903. The van der Waals surface area contributed by atoms with Gasteiger partial charge in [-0.05, 0) is 60.7 Å². The van der Waals surface area contributed by atoms with Crippen molar-refractivity contribution in [3.05, 3.63) is 71.0 Å². The highest BCUT2D eigenvalue weighted by Gasteiger charge is 2.36. The van der Waals surface area contributed by atoms with Gasteiger partial charge >= 0.3 is 0 Å². The van der Waals surface area contributed by atoms with Crippen molar-refractivity contribution in [3.8, 4) is 0 Å². The summed E-state index contributed by atoms with van der Waals surface area (Å²) in [5, 5.41) is 2.58. The van der Waals surface area contributed by atoms with Crippen LogP contribution in [0, 0.1) is 17.5 Å². The summed E-state index contributed by atoms with van der Waals surface area (Å²) in [6, 6.07) is 7.88. The highest BCUT2D eigenvalue weighted by molar-refractivity contribution is 5.82. The summed E-state index contributed by atoms with van der Waals surface area (Å²) >= 11 is 0. The van der Waals surface area contributed by atoms with Crippen LogP contribution in [0.15, 0.2) is 42.5 Å². The number of nitrogens with two attached hydrogens (primary N) is 1. The molecule has 1 heterocycles. The minimum Gasteiger partial charge on any atom is -0.370 e. The molecule has 194 valence electrons. The molecule has 1 aliphatic rings. The molecule has 2 aromatic carbocycles. The molecule has 3 amide bonds. The maximum Gasteiger partial charge on any atom is 0.237 e. The lowest BCUT2D eigenvalue weighted by Gasteiger charge is -2.44. The number of primary amides is 1. The van der Waals surface area contributed by atoms with Crippen molar-refractivity contribution in [3.63, 3.8) is 0 Å². The van der Waals surface area contributed by atoms with Crippen molar-refractivity contribution >= 4 is 17.7 Å². The molecule has 36 heavy (non-hydrogen) atoms. The molecule has 10 heteroatoms. The zero-order chi connectivity index (χ0) is 26.2. The van der Waals surface area contributed by atoms with E-state index in [9.17, 15) is 27.6 Å². The number of nitrogens with zero attached hydrogens (tertiary/aromatic N) is 2. The van der Waals surface area contributed by atoms with Crippen LogP contribution in [0.1, 0.15) is 30.4 Å². The molecule has 1 saturated heterocycles. The average molecular weight is 505 g/mol. The maximum atomic E-state index is 14.3. The third-order valence-corrected chi connectivity index (χ3v) is 6.51.